The van der Waals surface area contributed by atoms with Gasteiger partial charge in [-0.05, 0) is 31.7 Å². The highest BCUT2D eigenvalue weighted by Crippen LogP contribution is 2.38. The van der Waals surface area contributed by atoms with Crippen LogP contribution in [0.2, 0.25) is 0 Å². The second-order valence-corrected chi connectivity index (χ2v) is 9.11. The quantitative estimate of drug-likeness (QED) is 0.173. The molecule has 0 aliphatic carbocycles. The molecule has 1 amide bonds. The van der Waals surface area contributed by atoms with E-state index in [0.717, 1.165) is 0 Å². The molecule has 0 atom stereocenters. The summed E-state index contributed by atoms with van der Waals surface area (Å²) in [7, 11) is -4.78. The Bertz CT molecular complexity index is 1170. The molecule has 0 spiro atoms. The third kappa shape index (κ3) is 7.71. The van der Waals surface area contributed by atoms with Crippen LogP contribution >= 0.6 is 19.6 Å². The zero-order valence-electron chi connectivity index (χ0n) is 18.2. The maximum atomic E-state index is 12.9. The van der Waals surface area contributed by atoms with Gasteiger partial charge < -0.3 is 20.4 Å². The van der Waals surface area contributed by atoms with Gasteiger partial charge in [0, 0.05) is 34.8 Å². The number of nitrogen functional groups attached to an aromatic ring is 1. The number of phosphoric ester groups is 1. The zero-order chi connectivity index (χ0) is 25.5. The van der Waals surface area contributed by atoms with E-state index >= 15 is 0 Å². The number of carbonyl (C=O) groups is 2. The molecule has 0 saturated heterocycles. The van der Waals surface area contributed by atoms with Gasteiger partial charge in [-0.2, -0.15) is 0 Å². The van der Waals surface area contributed by atoms with Crippen LogP contribution in [0.3, 0.4) is 0 Å². The van der Waals surface area contributed by atoms with Crippen LogP contribution in [0.25, 0.3) is 0 Å². The Morgan fingerprint density at radius 1 is 1.38 bits per heavy atom. The summed E-state index contributed by atoms with van der Waals surface area (Å²) in [6.45, 7) is 2.63. The summed E-state index contributed by atoms with van der Waals surface area (Å²) < 4.78 is 15.5. The minimum atomic E-state index is -4.78. The molecule has 2 aromatic rings. The average molecular weight is 511 g/mol. The fraction of sp³-hybridized carbons (Fsp3) is 0.263. The van der Waals surface area contributed by atoms with E-state index < -0.39 is 30.2 Å². The second-order valence-electron chi connectivity index (χ2n) is 6.81. The first kappa shape index (κ1) is 27.1. The first-order chi connectivity index (χ1) is 15.9. The number of para-hydroxylation sites is 1. The molecule has 0 aliphatic rings. The monoisotopic (exact) mass is 511 g/mol. The average Bonchev–Trinajstić information content (AvgIpc) is 2.76. The molecular formula is C19H22N5O8PS. The minimum absolute atomic E-state index is 0.0511. The van der Waals surface area contributed by atoms with Gasteiger partial charge in [-0.25, -0.2) is 14.5 Å². The number of benzene rings is 1. The molecule has 2 rings (SSSR count). The van der Waals surface area contributed by atoms with E-state index in [1.165, 1.54) is 42.3 Å². The SMILES string of the molecule is CC(=C(CCOP(=O)(O)O)SC(=O)c1ccccc1[N+](=O)[O-])N(C=O)Cc1cnc(C)nc1N. The highest BCUT2D eigenvalue weighted by molar-refractivity contribution is 8.17. The Kier molecular flexibility index (Phi) is 9.41. The molecule has 0 aliphatic heterocycles. The van der Waals surface area contributed by atoms with Crippen molar-refractivity contribution in [1.82, 2.24) is 14.9 Å². The molecule has 0 unspecified atom stereocenters. The van der Waals surface area contributed by atoms with Crippen molar-refractivity contribution in [3.8, 4) is 0 Å². The van der Waals surface area contributed by atoms with Crippen LogP contribution in [-0.2, 0) is 20.4 Å². The lowest BCUT2D eigenvalue weighted by Gasteiger charge is -2.22. The number of phosphoric acid groups is 1. The number of thioether (sulfide) groups is 1. The number of hydrogen-bond donors (Lipinski definition) is 3. The molecule has 34 heavy (non-hydrogen) atoms. The van der Waals surface area contributed by atoms with Crippen LogP contribution in [0.15, 0.2) is 41.1 Å². The van der Waals surface area contributed by atoms with E-state index in [1.54, 1.807) is 6.92 Å². The maximum absolute atomic E-state index is 12.9. The standard InChI is InChI=1S/C19H22N5O8PS/c1-12(23(11-25)10-14-9-21-13(2)22-18(14)20)17(7-8-32-33(29,30)31)34-19(26)15-5-3-4-6-16(15)24(27)28/h3-6,9,11H,7-8,10H2,1-2H3,(H2,20,21,22)(H2,29,30,31). The second kappa shape index (κ2) is 11.8. The number of aryl methyl sites for hydroxylation is 1. The fourth-order valence-corrected chi connectivity index (χ4v) is 4.03. The highest BCUT2D eigenvalue weighted by Gasteiger charge is 2.24. The van der Waals surface area contributed by atoms with E-state index in [9.17, 15) is 24.3 Å². The Morgan fingerprint density at radius 3 is 2.65 bits per heavy atom. The van der Waals surface area contributed by atoms with Crippen LogP contribution in [0.1, 0.15) is 35.1 Å². The van der Waals surface area contributed by atoms with E-state index in [1.807, 2.05) is 0 Å². The van der Waals surface area contributed by atoms with Crippen molar-refractivity contribution in [2.24, 2.45) is 0 Å². The summed E-state index contributed by atoms with van der Waals surface area (Å²) in [5.41, 5.74) is 5.99. The first-order valence-corrected chi connectivity index (χ1v) is 11.9. The van der Waals surface area contributed by atoms with Gasteiger partial charge in [-0.1, -0.05) is 12.1 Å². The van der Waals surface area contributed by atoms with E-state index in [-0.39, 0.29) is 34.9 Å². The van der Waals surface area contributed by atoms with Crippen LogP contribution in [0.5, 0.6) is 0 Å². The topological polar surface area (TPSA) is 199 Å². The first-order valence-electron chi connectivity index (χ1n) is 9.58. The molecule has 1 aromatic heterocycles. The third-order valence-corrected chi connectivity index (χ3v) is 6.12. The van der Waals surface area contributed by atoms with Crippen LogP contribution in [0.4, 0.5) is 11.5 Å². The fourth-order valence-electron chi connectivity index (χ4n) is 2.75. The molecule has 1 heterocycles. The predicted molar refractivity (Wildman–Crippen MR) is 123 cm³/mol. The lowest BCUT2D eigenvalue weighted by atomic mass is 10.2. The maximum Gasteiger partial charge on any atom is 0.469 e. The zero-order valence-corrected chi connectivity index (χ0v) is 19.9. The minimum Gasteiger partial charge on any atom is -0.383 e. The number of allylic oxidation sites excluding steroid dienone is 1. The van der Waals surface area contributed by atoms with Crippen molar-refractivity contribution >= 4 is 42.6 Å². The van der Waals surface area contributed by atoms with Crippen LogP contribution in [-0.4, -0.2) is 47.7 Å². The molecule has 1 aromatic carbocycles. The van der Waals surface area contributed by atoms with Gasteiger partial charge in [0.05, 0.1) is 18.1 Å². The Balaban J connectivity index is 2.40. The Hall–Kier alpha value is -3.16. The number of nitrogens with two attached hydrogens (primary N) is 1. The highest BCUT2D eigenvalue weighted by atomic mass is 32.2. The summed E-state index contributed by atoms with van der Waals surface area (Å²) in [6.07, 6.45) is 1.76. The smallest absolute Gasteiger partial charge is 0.383 e. The summed E-state index contributed by atoms with van der Waals surface area (Å²) >= 11 is 0.589. The van der Waals surface area contributed by atoms with Crippen LogP contribution in [0, 0.1) is 17.0 Å². The Labute approximate surface area is 198 Å². The van der Waals surface area contributed by atoms with Crippen molar-refractivity contribution in [2.45, 2.75) is 26.8 Å². The summed E-state index contributed by atoms with van der Waals surface area (Å²) in [5.74, 6) is 0.592. The number of hydrogen-bond acceptors (Lipinski definition) is 10. The van der Waals surface area contributed by atoms with Gasteiger partial charge in [-0.3, -0.25) is 24.2 Å². The number of rotatable bonds is 11. The summed E-state index contributed by atoms with van der Waals surface area (Å²) in [5, 5.41) is 10.6. The molecule has 182 valence electrons. The van der Waals surface area contributed by atoms with Gasteiger partial charge in [-0.15, -0.1) is 0 Å². The number of amides is 1. The van der Waals surface area contributed by atoms with E-state index in [0.29, 0.717) is 29.6 Å². The number of carbonyl (C=O) groups excluding carboxylic acids is 2. The third-order valence-electron chi connectivity index (χ3n) is 4.45. The molecule has 13 nitrogen and oxygen atoms in total. The van der Waals surface area contributed by atoms with E-state index in [4.69, 9.17) is 15.5 Å². The molecule has 0 radical (unpaired) electrons. The lowest BCUT2D eigenvalue weighted by Crippen LogP contribution is -2.22. The molecule has 0 bridgehead atoms. The van der Waals surface area contributed by atoms with Gasteiger partial charge in [0.15, 0.2) is 0 Å². The van der Waals surface area contributed by atoms with Gasteiger partial charge in [0.1, 0.15) is 17.2 Å². The molecule has 0 fully saturated rings. The predicted octanol–water partition coefficient (Wildman–Crippen LogP) is 2.54. The molecular weight excluding hydrogens is 489 g/mol. The van der Waals surface area contributed by atoms with E-state index in [2.05, 4.69) is 14.5 Å². The van der Waals surface area contributed by atoms with Gasteiger partial charge in [0.2, 0.25) is 11.5 Å². The number of nitrogens with zero attached hydrogens (tertiary/aromatic N) is 4. The van der Waals surface area contributed by atoms with Crippen molar-refractivity contribution in [3.05, 3.63) is 68.1 Å². The summed E-state index contributed by atoms with van der Waals surface area (Å²) in [6, 6.07) is 5.34. The van der Waals surface area contributed by atoms with Crippen LogP contribution < -0.4 is 5.73 Å². The number of nitro groups is 1. The molecule has 0 saturated carbocycles. The molecule has 15 heteroatoms. The number of aromatic nitrogens is 2. The number of nitro benzene ring substituents is 1. The van der Waals surface area contributed by atoms with Crippen molar-refractivity contribution in [2.75, 3.05) is 12.3 Å². The van der Waals surface area contributed by atoms with Crippen molar-refractivity contribution in [3.63, 3.8) is 0 Å². The number of anilines is 1. The summed E-state index contributed by atoms with van der Waals surface area (Å²) in [4.78, 5) is 62.7. The van der Waals surface area contributed by atoms with Gasteiger partial charge >= 0.3 is 7.82 Å². The van der Waals surface area contributed by atoms with Crippen molar-refractivity contribution < 1.29 is 33.4 Å². The molecule has 4 N–H and O–H groups in total. The largest absolute Gasteiger partial charge is 0.469 e. The Morgan fingerprint density at radius 2 is 2.06 bits per heavy atom. The lowest BCUT2D eigenvalue weighted by molar-refractivity contribution is -0.385. The normalized spacial score (nSPS) is 12.1. The van der Waals surface area contributed by atoms with Crippen molar-refractivity contribution in [1.29, 1.82) is 0 Å². The van der Waals surface area contributed by atoms with Gasteiger partial charge in [0.25, 0.3) is 5.69 Å².